The molecule has 2 amide bonds. The minimum atomic E-state index is -0.230. The van der Waals surface area contributed by atoms with Crippen LogP contribution in [0.3, 0.4) is 0 Å². The molecule has 0 saturated heterocycles. The summed E-state index contributed by atoms with van der Waals surface area (Å²) < 4.78 is 5.57. The number of amides is 2. The topological polar surface area (TPSA) is 81.8 Å². The molecule has 2 N–H and O–H groups in total. The maximum absolute atomic E-state index is 12.2. The van der Waals surface area contributed by atoms with Crippen LogP contribution in [0.25, 0.3) is 11.1 Å². The summed E-state index contributed by atoms with van der Waals surface area (Å²) in [5.74, 6) is 0. The lowest BCUT2D eigenvalue weighted by Crippen LogP contribution is -2.37. The van der Waals surface area contributed by atoms with E-state index in [1.165, 1.54) is 0 Å². The van der Waals surface area contributed by atoms with E-state index in [4.69, 9.17) is 9.52 Å². The third kappa shape index (κ3) is 3.67. The van der Waals surface area contributed by atoms with E-state index >= 15 is 0 Å². The van der Waals surface area contributed by atoms with E-state index in [0.29, 0.717) is 35.9 Å². The highest BCUT2D eigenvalue weighted by molar-refractivity contribution is 5.91. The number of carbonyl (C=O) groups excluding carboxylic acids is 1. The van der Waals surface area contributed by atoms with Crippen LogP contribution >= 0.6 is 0 Å². The number of urea groups is 1. The largest absolute Gasteiger partial charge is 0.423 e. The average molecular weight is 306 g/mol. The zero-order valence-corrected chi connectivity index (χ0v) is 13.2. The highest BCUT2D eigenvalue weighted by Gasteiger charge is 2.13. The molecule has 0 bridgehead atoms. The lowest BCUT2D eigenvalue weighted by molar-refractivity contribution is 0.188. The molecular weight excluding hydrogens is 284 g/mol. The van der Waals surface area contributed by atoms with Crippen molar-refractivity contribution in [1.29, 1.82) is 0 Å². The van der Waals surface area contributed by atoms with Gasteiger partial charge in [-0.2, -0.15) is 4.98 Å². The van der Waals surface area contributed by atoms with Crippen molar-refractivity contribution in [3.8, 4) is 0 Å². The van der Waals surface area contributed by atoms with Gasteiger partial charge < -0.3 is 24.6 Å². The molecule has 1 aromatic heterocycles. The third-order valence-corrected chi connectivity index (χ3v) is 3.16. The number of oxazole rings is 1. The number of fused-ring (bicyclic) bond motifs is 1. The van der Waals surface area contributed by atoms with Crippen LogP contribution in [0.15, 0.2) is 22.6 Å². The molecule has 120 valence electrons. The molecule has 0 aliphatic carbocycles. The number of aromatic nitrogens is 1. The Bertz CT molecular complexity index is 633. The number of rotatable bonds is 6. The second kappa shape index (κ2) is 7.13. The summed E-state index contributed by atoms with van der Waals surface area (Å²) in [5, 5.41) is 11.8. The van der Waals surface area contributed by atoms with Crippen molar-refractivity contribution in [2.45, 2.75) is 13.3 Å². The Labute approximate surface area is 129 Å². The van der Waals surface area contributed by atoms with Gasteiger partial charge >= 0.3 is 6.03 Å². The first-order valence-corrected chi connectivity index (χ1v) is 7.30. The van der Waals surface area contributed by atoms with Crippen LogP contribution in [0.2, 0.25) is 0 Å². The summed E-state index contributed by atoms with van der Waals surface area (Å²) in [6.45, 7) is 2.85. The van der Waals surface area contributed by atoms with Gasteiger partial charge in [-0.15, -0.1) is 0 Å². The molecular formula is C15H22N4O3. The van der Waals surface area contributed by atoms with Gasteiger partial charge in [-0.1, -0.05) is 6.92 Å². The van der Waals surface area contributed by atoms with Gasteiger partial charge in [-0.3, -0.25) is 0 Å². The SMILES string of the molecule is CCCN(CCO)C(=O)Nc1ccc2oc(N(C)C)nc2c1. The van der Waals surface area contributed by atoms with Crippen LogP contribution in [-0.2, 0) is 0 Å². The summed E-state index contributed by atoms with van der Waals surface area (Å²) >= 11 is 0. The predicted octanol–water partition coefficient (Wildman–Crippen LogP) is 2.13. The number of nitrogens with zero attached hydrogens (tertiary/aromatic N) is 3. The van der Waals surface area contributed by atoms with Crippen molar-refractivity contribution in [2.24, 2.45) is 0 Å². The van der Waals surface area contributed by atoms with Gasteiger partial charge in [0, 0.05) is 32.9 Å². The van der Waals surface area contributed by atoms with E-state index in [2.05, 4.69) is 10.3 Å². The molecule has 0 saturated carbocycles. The van der Waals surface area contributed by atoms with E-state index in [0.717, 1.165) is 6.42 Å². The Hall–Kier alpha value is -2.28. The quantitative estimate of drug-likeness (QED) is 0.854. The first-order valence-electron chi connectivity index (χ1n) is 7.30. The number of benzene rings is 1. The molecule has 1 heterocycles. The molecule has 1 aromatic carbocycles. The van der Waals surface area contributed by atoms with Crippen LogP contribution in [-0.4, -0.2) is 54.8 Å². The molecule has 0 aliphatic rings. The standard InChI is InChI=1S/C15H22N4O3/c1-4-7-19(8-9-20)14(21)16-11-5-6-13-12(10-11)17-15(22-13)18(2)3/h5-6,10,20H,4,7-9H2,1-3H3,(H,16,21). The summed E-state index contributed by atoms with van der Waals surface area (Å²) in [4.78, 5) is 19.9. The minimum Gasteiger partial charge on any atom is -0.423 e. The normalized spacial score (nSPS) is 10.7. The number of anilines is 2. The fraction of sp³-hybridized carbons (Fsp3) is 0.467. The summed E-state index contributed by atoms with van der Waals surface area (Å²) in [7, 11) is 3.70. The van der Waals surface area contributed by atoms with Crippen molar-refractivity contribution >= 4 is 28.8 Å². The molecule has 0 unspecified atom stereocenters. The molecule has 22 heavy (non-hydrogen) atoms. The van der Waals surface area contributed by atoms with Crippen molar-refractivity contribution in [1.82, 2.24) is 9.88 Å². The smallest absolute Gasteiger partial charge is 0.321 e. The Morgan fingerprint density at radius 2 is 2.14 bits per heavy atom. The van der Waals surface area contributed by atoms with Gasteiger partial charge in [0.15, 0.2) is 5.58 Å². The molecule has 0 fully saturated rings. The molecule has 0 aliphatic heterocycles. The first-order chi connectivity index (χ1) is 10.5. The maximum atomic E-state index is 12.2. The maximum Gasteiger partial charge on any atom is 0.321 e. The van der Waals surface area contributed by atoms with Gasteiger partial charge in [0.05, 0.1) is 6.61 Å². The van der Waals surface area contributed by atoms with E-state index in [1.807, 2.05) is 21.0 Å². The Balaban J connectivity index is 2.14. The third-order valence-electron chi connectivity index (χ3n) is 3.16. The second-order valence-corrected chi connectivity index (χ2v) is 5.21. The number of hydrogen-bond acceptors (Lipinski definition) is 5. The van der Waals surface area contributed by atoms with Crippen molar-refractivity contribution in [3.63, 3.8) is 0 Å². The van der Waals surface area contributed by atoms with Gasteiger partial charge in [0.2, 0.25) is 0 Å². The monoisotopic (exact) mass is 306 g/mol. The van der Waals surface area contributed by atoms with Crippen LogP contribution in [0, 0.1) is 0 Å². The zero-order chi connectivity index (χ0) is 16.1. The van der Waals surface area contributed by atoms with E-state index in [9.17, 15) is 4.79 Å². The molecule has 2 aromatic rings. The van der Waals surface area contributed by atoms with Crippen LogP contribution < -0.4 is 10.2 Å². The highest BCUT2D eigenvalue weighted by atomic mass is 16.4. The molecule has 7 nitrogen and oxygen atoms in total. The van der Waals surface area contributed by atoms with E-state index < -0.39 is 0 Å². The zero-order valence-electron chi connectivity index (χ0n) is 13.2. The number of aliphatic hydroxyl groups excluding tert-OH is 1. The lowest BCUT2D eigenvalue weighted by Gasteiger charge is -2.21. The van der Waals surface area contributed by atoms with Gasteiger partial charge in [0.1, 0.15) is 5.52 Å². The fourth-order valence-corrected chi connectivity index (χ4v) is 2.09. The molecule has 0 spiro atoms. The number of carbonyl (C=O) groups is 1. The number of hydrogen-bond donors (Lipinski definition) is 2. The van der Waals surface area contributed by atoms with Crippen molar-refractivity contribution < 1.29 is 14.3 Å². The molecule has 2 rings (SSSR count). The number of aliphatic hydroxyl groups is 1. The fourth-order valence-electron chi connectivity index (χ4n) is 2.09. The van der Waals surface area contributed by atoms with Gasteiger partial charge in [-0.05, 0) is 24.6 Å². The first kappa shape index (κ1) is 16.1. The summed E-state index contributed by atoms with van der Waals surface area (Å²) in [6.07, 6.45) is 0.835. The van der Waals surface area contributed by atoms with E-state index in [1.54, 1.807) is 28.0 Å². The number of nitrogens with one attached hydrogen (secondary N) is 1. The Morgan fingerprint density at radius 1 is 1.36 bits per heavy atom. The molecule has 0 atom stereocenters. The average Bonchev–Trinajstić information content (AvgIpc) is 2.90. The van der Waals surface area contributed by atoms with Crippen molar-refractivity contribution in [3.05, 3.63) is 18.2 Å². The van der Waals surface area contributed by atoms with Crippen LogP contribution in [0.5, 0.6) is 0 Å². The van der Waals surface area contributed by atoms with Crippen LogP contribution in [0.1, 0.15) is 13.3 Å². The van der Waals surface area contributed by atoms with Gasteiger partial charge in [-0.25, -0.2) is 4.79 Å². The highest BCUT2D eigenvalue weighted by Crippen LogP contribution is 2.23. The summed E-state index contributed by atoms with van der Waals surface area (Å²) in [6, 6.07) is 5.61. The van der Waals surface area contributed by atoms with Gasteiger partial charge in [0.25, 0.3) is 6.01 Å². The molecule has 0 radical (unpaired) electrons. The second-order valence-electron chi connectivity index (χ2n) is 5.21. The Morgan fingerprint density at radius 3 is 2.77 bits per heavy atom. The summed E-state index contributed by atoms with van der Waals surface area (Å²) in [5.41, 5.74) is 2.00. The lowest BCUT2D eigenvalue weighted by atomic mass is 10.3. The minimum absolute atomic E-state index is 0.0536. The van der Waals surface area contributed by atoms with Crippen molar-refractivity contribution in [2.75, 3.05) is 44.0 Å². The van der Waals surface area contributed by atoms with E-state index in [-0.39, 0.29) is 12.6 Å². The predicted molar refractivity (Wildman–Crippen MR) is 86.3 cm³/mol. The molecule has 7 heteroatoms. The Kier molecular flexibility index (Phi) is 5.21. The van der Waals surface area contributed by atoms with Crippen LogP contribution in [0.4, 0.5) is 16.5 Å².